The van der Waals surface area contributed by atoms with E-state index in [4.69, 9.17) is 9.84 Å². The van der Waals surface area contributed by atoms with E-state index in [0.717, 1.165) is 0 Å². The third kappa shape index (κ3) is 5.58. The molecule has 28 heavy (non-hydrogen) atoms. The molecule has 0 bridgehead atoms. The first-order valence-electron chi connectivity index (χ1n) is 8.54. The third-order valence-electron chi connectivity index (χ3n) is 4.31. The Balaban J connectivity index is 0.00000280. The summed E-state index contributed by atoms with van der Waals surface area (Å²) < 4.78 is 19.8. The van der Waals surface area contributed by atoms with Gasteiger partial charge >= 0.3 is 12.2 Å². The highest BCUT2D eigenvalue weighted by molar-refractivity contribution is 5.86. The molecular formula is C19H21ClFN3O4. The number of carbonyl (C=O) groups is 2. The number of halogens is 2. The third-order valence-corrected chi connectivity index (χ3v) is 4.31. The highest BCUT2D eigenvalue weighted by atomic mass is 35.5. The zero-order valence-electron chi connectivity index (χ0n) is 15.0. The second-order valence-electron chi connectivity index (χ2n) is 6.15. The Bertz CT molecular complexity index is 814. The van der Waals surface area contributed by atoms with Crippen LogP contribution < -0.4 is 10.1 Å². The molecule has 9 heteroatoms. The summed E-state index contributed by atoms with van der Waals surface area (Å²) in [5.41, 5.74) is 0.467. The standard InChI is InChI=1S/C19H20FN3O4.ClH/c20-17-14(13-22-9-11-23(12-10-22)19(25)26)5-4-8-16(17)21-18(24)27-15-6-2-1-3-7-15;/h1-8H,9-13H2,(H,21,24)(H,25,26);1H. The number of carboxylic acid groups (broad SMARTS) is 1. The van der Waals surface area contributed by atoms with Crippen LogP contribution in [0.2, 0.25) is 0 Å². The maximum absolute atomic E-state index is 14.7. The van der Waals surface area contributed by atoms with Gasteiger partial charge < -0.3 is 14.7 Å². The number of anilines is 1. The van der Waals surface area contributed by atoms with E-state index in [9.17, 15) is 14.0 Å². The average Bonchev–Trinajstić information content (AvgIpc) is 2.66. The Morgan fingerprint density at radius 2 is 1.71 bits per heavy atom. The number of carbonyl (C=O) groups excluding carboxylic acids is 1. The molecule has 2 aromatic carbocycles. The van der Waals surface area contributed by atoms with Gasteiger partial charge in [-0.05, 0) is 18.2 Å². The van der Waals surface area contributed by atoms with Gasteiger partial charge in [-0.2, -0.15) is 0 Å². The molecule has 0 aromatic heterocycles. The van der Waals surface area contributed by atoms with Crippen LogP contribution in [0.25, 0.3) is 0 Å². The smallest absolute Gasteiger partial charge is 0.417 e. The minimum absolute atomic E-state index is 0. The second-order valence-corrected chi connectivity index (χ2v) is 6.15. The molecule has 3 rings (SSSR count). The van der Waals surface area contributed by atoms with Crippen LogP contribution in [-0.2, 0) is 6.54 Å². The van der Waals surface area contributed by atoms with Crippen LogP contribution in [0.4, 0.5) is 19.7 Å². The summed E-state index contributed by atoms with van der Waals surface area (Å²) in [4.78, 5) is 26.2. The van der Waals surface area contributed by atoms with Crippen molar-refractivity contribution < 1.29 is 23.8 Å². The first-order chi connectivity index (χ1) is 13.0. The van der Waals surface area contributed by atoms with Crippen molar-refractivity contribution in [3.8, 4) is 5.75 Å². The minimum atomic E-state index is -0.941. The summed E-state index contributed by atoms with van der Waals surface area (Å²) in [5.74, 6) is -0.161. The molecule has 0 spiro atoms. The van der Waals surface area contributed by atoms with Crippen molar-refractivity contribution in [1.82, 2.24) is 9.80 Å². The Morgan fingerprint density at radius 1 is 1.04 bits per heavy atom. The molecule has 0 radical (unpaired) electrons. The van der Waals surface area contributed by atoms with E-state index < -0.39 is 18.0 Å². The van der Waals surface area contributed by atoms with E-state index >= 15 is 0 Å². The van der Waals surface area contributed by atoms with Gasteiger partial charge in [-0.1, -0.05) is 30.3 Å². The van der Waals surface area contributed by atoms with E-state index in [2.05, 4.69) is 5.32 Å². The molecule has 150 valence electrons. The molecule has 0 unspecified atom stereocenters. The number of amides is 2. The molecule has 1 saturated heterocycles. The van der Waals surface area contributed by atoms with Gasteiger partial charge in [-0.3, -0.25) is 10.2 Å². The predicted molar refractivity (Wildman–Crippen MR) is 105 cm³/mol. The van der Waals surface area contributed by atoms with Gasteiger partial charge in [-0.25, -0.2) is 14.0 Å². The van der Waals surface area contributed by atoms with Crippen molar-refractivity contribution in [2.45, 2.75) is 6.54 Å². The van der Waals surface area contributed by atoms with Crippen LogP contribution in [0.3, 0.4) is 0 Å². The van der Waals surface area contributed by atoms with E-state index in [1.165, 1.54) is 11.0 Å². The molecule has 2 amide bonds. The van der Waals surface area contributed by atoms with Crippen molar-refractivity contribution in [2.24, 2.45) is 0 Å². The van der Waals surface area contributed by atoms with Gasteiger partial charge in [0.2, 0.25) is 0 Å². The Kier molecular flexibility index (Phi) is 7.60. The number of nitrogens with one attached hydrogen (secondary N) is 1. The minimum Gasteiger partial charge on any atom is -0.465 e. The van der Waals surface area contributed by atoms with Gasteiger partial charge in [-0.15, -0.1) is 12.4 Å². The molecule has 1 aliphatic rings. The highest BCUT2D eigenvalue weighted by Crippen LogP contribution is 2.21. The molecule has 0 saturated carbocycles. The molecule has 2 N–H and O–H groups in total. The lowest BCUT2D eigenvalue weighted by Gasteiger charge is -2.33. The number of benzene rings is 2. The highest BCUT2D eigenvalue weighted by Gasteiger charge is 2.21. The van der Waals surface area contributed by atoms with Crippen LogP contribution in [0.15, 0.2) is 48.5 Å². The number of para-hydroxylation sites is 1. The van der Waals surface area contributed by atoms with Gasteiger partial charge in [0.1, 0.15) is 5.75 Å². The van der Waals surface area contributed by atoms with Gasteiger partial charge in [0.15, 0.2) is 5.82 Å². The second kappa shape index (κ2) is 9.91. The lowest BCUT2D eigenvalue weighted by Crippen LogP contribution is -2.47. The summed E-state index contributed by atoms with van der Waals surface area (Å²) in [7, 11) is 0. The van der Waals surface area contributed by atoms with Gasteiger partial charge in [0.05, 0.1) is 5.69 Å². The number of piperazine rings is 1. The fourth-order valence-corrected chi connectivity index (χ4v) is 2.87. The Labute approximate surface area is 168 Å². The fourth-order valence-electron chi connectivity index (χ4n) is 2.87. The maximum Gasteiger partial charge on any atom is 0.417 e. The van der Waals surface area contributed by atoms with Gasteiger partial charge in [0.25, 0.3) is 0 Å². The Morgan fingerprint density at radius 3 is 2.36 bits per heavy atom. The topological polar surface area (TPSA) is 82.1 Å². The fraction of sp³-hybridized carbons (Fsp3) is 0.263. The van der Waals surface area contributed by atoms with E-state index in [1.807, 2.05) is 4.90 Å². The quantitative estimate of drug-likeness (QED) is 0.805. The van der Waals surface area contributed by atoms with E-state index in [-0.39, 0.29) is 18.1 Å². The zero-order valence-corrected chi connectivity index (χ0v) is 15.8. The van der Waals surface area contributed by atoms with Crippen molar-refractivity contribution in [3.63, 3.8) is 0 Å². The largest absolute Gasteiger partial charge is 0.465 e. The van der Waals surface area contributed by atoms with Crippen molar-refractivity contribution in [1.29, 1.82) is 0 Å². The number of ether oxygens (including phenoxy) is 1. The number of hydrogen-bond acceptors (Lipinski definition) is 4. The predicted octanol–water partition coefficient (Wildman–Crippen LogP) is 3.65. The monoisotopic (exact) mass is 409 g/mol. The Hall–Kier alpha value is -2.84. The summed E-state index contributed by atoms with van der Waals surface area (Å²) in [6, 6.07) is 13.3. The van der Waals surface area contributed by atoms with Crippen LogP contribution in [0.5, 0.6) is 5.75 Å². The summed E-state index contributed by atoms with van der Waals surface area (Å²) in [6.07, 6.45) is -1.71. The molecular weight excluding hydrogens is 389 g/mol. The summed E-state index contributed by atoms with van der Waals surface area (Å²) in [6.45, 7) is 2.16. The SMILES string of the molecule is Cl.O=C(Nc1cccc(CN2CCN(C(=O)O)CC2)c1F)Oc1ccccc1. The normalized spacial score (nSPS) is 14.1. The molecule has 1 fully saturated rings. The number of rotatable bonds is 4. The van der Waals surface area contributed by atoms with Crippen LogP contribution in [-0.4, -0.2) is 53.3 Å². The molecule has 0 atom stereocenters. The maximum atomic E-state index is 14.7. The van der Waals surface area contributed by atoms with Crippen LogP contribution >= 0.6 is 12.4 Å². The van der Waals surface area contributed by atoms with E-state index in [1.54, 1.807) is 42.5 Å². The first kappa shape index (κ1) is 21.5. The van der Waals surface area contributed by atoms with Crippen LogP contribution in [0, 0.1) is 5.82 Å². The first-order valence-corrected chi connectivity index (χ1v) is 8.54. The van der Waals surface area contributed by atoms with Crippen molar-refractivity contribution in [2.75, 3.05) is 31.5 Å². The molecule has 1 aliphatic heterocycles. The van der Waals surface area contributed by atoms with Gasteiger partial charge in [0, 0.05) is 38.3 Å². The average molecular weight is 410 g/mol. The van der Waals surface area contributed by atoms with Crippen molar-refractivity contribution in [3.05, 3.63) is 59.9 Å². The molecule has 0 aliphatic carbocycles. The lowest BCUT2D eigenvalue weighted by molar-refractivity contribution is 0.102. The number of hydrogen-bond donors (Lipinski definition) is 2. The van der Waals surface area contributed by atoms with E-state index in [0.29, 0.717) is 44.0 Å². The van der Waals surface area contributed by atoms with Crippen molar-refractivity contribution >= 4 is 30.3 Å². The zero-order chi connectivity index (χ0) is 19.2. The molecule has 7 nitrogen and oxygen atoms in total. The number of nitrogens with zero attached hydrogens (tertiary/aromatic N) is 2. The molecule has 1 heterocycles. The summed E-state index contributed by atoms with van der Waals surface area (Å²) >= 11 is 0. The molecule has 2 aromatic rings. The lowest BCUT2D eigenvalue weighted by atomic mass is 10.1. The van der Waals surface area contributed by atoms with Crippen LogP contribution in [0.1, 0.15) is 5.56 Å². The summed E-state index contributed by atoms with van der Waals surface area (Å²) in [5, 5.41) is 11.4.